The molecule has 2 heteroatoms. The molecule has 0 saturated heterocycles. The van der Waals surface area contributed by atoms with Crippen LogP contribution in [0.15, 0.2) is 60.7 Å². The van der Waals surface area contributed by atoms with E-state index < -0.39 is 0 Å². The van der Waals surface area contributed by atoms with Crippen LogP contribution < -0.4 is 0 Å². The zero-order chi connectivity index (χ0) is 12.4. The molecule has 1 heterocycles. The zero-order valence-electron chi connectivity index (χ0n) is 10.0. The Morgan fingerprint density at radius 2 is 1.17 bits per heavy atom. The molecule has 2 aromatic rings. The lowest BCUT2D eigenvalue weighted by Gasteiger charge is -1.99. The molecule has 1 aliphatic heterocycles. The van der Waals surface area contributed by atoms with E-state index in [0.717, 1.165) is 12.0 Å². The minimum Gasteiger partial charge on any atom is -0.126 e. The molecule has 0 spiro atoms. The van der Waals surface area contributed by atoms with Crippen LogP contribution in [0.1, 0.15) is 11.1 Å². The molecule has 3 rings (SSSR count). The Morgan fingerprint density at radius 1 is 0.722 bits per heavy atom. The molecule has 0 aliphatic carbocycles. The van der Waals surface area contributed by atoms with Gasteiger partial charge in [-0.05, 0) is 35.8 Å². The van der Waals surface area contributed by atoms with Gasteiger partial charge in [0.1, 0.15) is 0 Å². The van der Waals surface area contributed by atoms with Gasteiger partial charge in [-0.3, -0.25) is 0 Å². The minimum absolute atomic E-state index is 0.129. The lowest BCUT2D eigenvalue weighted by atomic mass is 10.1. The quantitative estimate of drug-likeness (QED) is 0.527. The first-order valence-electron chi connectivity index (χ1n) is 6.10. The van der Waals surface area contributed by atoms with Gasteiger partial charge in [0.05, 0.1) is 0 Å². The summed E-state index contributed by atoms with van der Waals surface area (Å²) in [6.45, 7) is 0. The van der Waals surface area contributed by atoms with Gasteiger partial charge in [-0.15, -0.1) is 11.6 Å². The van der Waals surface area contributed by atoms with E-state index in [0.29, 0.717) is 0 Å². The molecular weight excluding hydrogens is 259 g/mol. The van der Waals surface area contributed by atoms with Gasteiger partial charge in [-0.25, -0.2) is 0 Å². The molecule has 0 nitrogen and oxygen atoms in total. The molecular formula is C16H14ClP. The summed E-state index contributed by atoms with van der Waals surface area (Å²) in [7, 11) is -0.129. The normalized spacial score (nSPS) is 14.9. The van der Waals surface area contributed by atoms with Gasteiger partial charge in [0.15, 0.2) is 0 Å². The summed E-state index contributed by atoms with van der Waals surface area (Å²) in [5.74, 6) is 0.748. The van der Waals surface area contributed by atoms with Crippen LogP contribution in [0.25, 0.3) is 10.6 Å². The van der Waals surface area contributed by atoms with E-state index in [4.69, 9.17) is 11.6 Å². The maximum absolute atomic E-state index is 5.93. The van der Waals surface area contributed by atoms with Crippen LogP contribution in [-0.4, -0.2) is 12.0 Å². The first-order valence-corrected chi connectivity index (χ1v) is 8.16. The van der Waals surface area contributed by atoms with Crippen molar-refractivity contribution in [2.24, 2.45) is 0 Å². The molecule has 0 amide bonds. The Kier molecular flexibility index (Phi) is 3.50. The van der Waals surface area contributed by atoms with Crippen LogP contribution in [0.5, 0.6) is 0 Å². The van der Waals surface area contributed by atoms with Gasteiger partial charge >= 0.3 is 0 Å². The SMILES string of the molecule is ClCCP1C(c2ccccc2)=C1c1ccccc1. The van der Waals surface area contributed by atoms with E-state index in [1.165, 1.54) is 21.8 Å². The second kappa shape index (κ2) is 5.26. The van der Waals surface area contributed by atoms with Gasteiger partial charge in [0.25, 0.3) is 0 Å². The van der Waals surface area contributed by atoms with Gasteiger partial charge in [0.2, 0.25) is 0 Å². The third kappa shape index (κ3) is 2.23. The van der Waals surface area contributed by atoms with Gasteiger partial charge in [0, 0.05) is 5.88 Å². The highest BCUT2D eigenvalue weighted by Crippen LogP contribution is 2.78. The standard InChI is InChI=1S/C16H14ClP/c17-11-12-18-15(13-7-3-1-4-8-13)16(18)14-9-5-2-6-10-14/h1-10H,11-12H2. The van der Waals surface area contributed by atoms with Crippen molar-refractivity contribution in [1.82, 2.24) is 0 Å². The van der Waals surface area contributed by atoms with E-state index in [1.807, 2.05) is 0 Å². The lowest BCUT2D eigenvalue weighted by molar-refractivity contribution is 1.53. The molecule has 0 unspecified atom stereocenters. The second-order valence-corrected chi connectivity index (χ2v) is 6.85. The highest BCUT2D eigenvalue weighted by Gasteiger charge is 2.36. The number of benzene rings is 2. The van der Waals surface area contributed by atoms with Crippen molar-refractivity contribution in [3.63, 3.8) is 0 Å². The fourth-order valence-electron chi connectivity index (χ4n) is 2.28. The van der Waals surface area contributed by atoms with Crippen LogP contribution in [0, 0.1) is 0 Å². The largest absolute Gasteiger partial charge is 0.126 e. The van der Waals surface area contributed by atoms with Crippen molar-refractivity contribution in [3.05, 3.63) is 71.8 Å². The van der Waals surface area contributed by atoms with E-state index in [9.17, 15) is 0 Å². The molecule has 90 valence electrons. The summed E-state index contributed by atoms with van der Waals surface area (Å²) in [6.07, 6.45) is 1.10. The maximum Gasteiger partial charge on any atom is 0.0268 e. The van der Waals surface area contributed by atoms with Gasteiger partial charge in [-0.1, -0.05) is 60.7 Å². The van der Waals surface area contributed by atoms with E-state index in [-0.39, 0.29) is 7.92 Å². The maximum atomic E-state index is 5.93. The summed E-state index contributed by atoms with van der Waals surface area (Å²) < 4.78 is 0. The Labute approximate surface area is 114 Å². The summed E-state index contributed by atoms with van der Waals surface area (Å²) in [6, 6.07) is 21.4. The molecule has 18 heavy (non-hydrogen) atoms. The van der Waals surface area contributed by atoms with Crippen molar-refractivity contribution in [2.45, 2.75) is 0 Å². The van der Waals surface area contributed by atoms with Crippen molar-refractivity contribution >= 4 is 30.2 Å². The molecule has 0 bridgehead atoms. The molecule has 0 aromatic heterocycles. The van der Waals surface area contributed by atoms with E-state index >= 15 is 0 Å². The van der Waals surface area contributed by atoms with Crippen molar-refractivity contribution < 1.29 is 0 Å². The second-order valence-electron chi connectivity index (χ2n) is 4.27. The number of hydrogen-bond donors (Lipinski definition) is 0. The number of alkyl halides is 1. The average molecular weight is 273 g/mol. The smallest absolute Gasteiger partial charge is 0.0268 e. The minimum atomic E-state index is -0.129. The Hall–Kier alpha value is -1.10. The highest BCUT2D eigenvalue weighted by molar-refractivity contribution is 7.89. The van der Waals surface area contributed by atoms with E-state index in [1.54, 1.807) is 0 Å². The molecule has 0 N–H and O–H groups in total. The number of hydrogen-bond acceptors (Lipinski definition) is 0. The molecule has 0 saturated carbocycles. The van der Waals surface area contributed by atoms with Crippen molar-refractivity contribution in [1.29, 1.82) is 0 Å². The monoisotopic (exact) mass is 272 g/mol. The predicted molar refractivity (Wildman–Crippen MR) is 82.2 cm³/mol. The average Bonchev–Trinajstić information content (AvgIpc) is 3.15. The molecule has 1 aliphatic rings. The van der Waals surface area contributed by atoms with Crippen LogP contribution in [0.2, 0.25) is 0 Å². The van der Waals surface area contributed by atoms with Crippen LogP contribution in [0.3, 0.4) is 0 Å². The zero-order valence-corrected chi connectivity index (χ0v) is 11.7. The Balaban J connectivity index is 1.97. The number of rotatable bonds is 4. The summed E-state index contributed by atoms with van der Waals surface area (Å²) >= 11 is 5.93. The third-order valence-corrected chi connectivity index (χ3v) is 6.06. The lowest BCUT2D eigenvalue weighted by Crippen LogP contribution is -1.77. The van der Waals surface area contributed by atoms with Crippen LogP contribution in [0.4, 0.5) is 0 Å². The van der Waals surface area contributed by atoms with Crippen LogP contribution >= 0.6 is 19.5 Å². The topological polar surface area (TPSA) is 0 Å². The first kappa shape index (κ1) is 12.0. The van der Waals surface area contributed by atoms with Crippen molar-refractivity contribution in [2.75, 3.05) is 12.0 Å². The first-order chi connectivity index (χ1) is 8.92. The van der Waals surface area contributed by atoms with Crippen molar-refractivity contribution in [3.8, 4) is 0 Å². The van der Waals surface area contributed by atoms with Gasteiger partial charge in [-0.2, -0.15) is 0 Å². The Morgan fingerprint density at radius 3 is 1.56 bits per heavy atom. The fourth-order valence-corrected chi connectivity index (χ4v) is 5.20. The Bertz CT molecular complexity index is 511. The van der Waals surface area contributed by atoms with Gasteiger partial charge < -0.3 is 0 Å². The molecule has 0 atom stereocenters. The highest BCUT2D eigenvalue weighted by atomic mass is 35.5. The summed E-state index contributed by atoms with van der Waals surface area (Å²) in [5, 5.41) is 3.08. The molecule has 2 aromatic carbocycles. The molecule has 0 fully saturated rings. The van der Waals surface area contributed by atoms with E-state index in [2.05, 4.69) is 60.7 Å². The summed E-state index contributed by atoms with van der Waals surface area (Å²) in [5.41, 5.74) is 2.74. The molecule has 0 radical (unpaired) electrons. The fraction of sp³-hybridized carbons (Fsp3) is 0.125. The third-order valence-electron chi connectivity index (χ3n) is 3.12. The van der Waals surface area contributed by atoms with Crippen LogP contribution in [-0.2, 0) is 0 Å². The predicted octanol–water partition coefficient (Wildman–Crippen LogP) is 5.25. The number of halogens is 1. The summed E-state index contributed by atoms with van der Waals surface area (Å²) in [4.78, 5) is 0.